The van der Waals surface area contributed by atoms with Crippen molar-refractivity contribution in [3.63, 3.8) is 0 Å². The van der Waals surface area contributed by atoms with Crippen molar-refractivity contribution in [2.45, 2.75) is 320 Å². The summed E-state index contributed by atoms with van der Waals surface area (Å²) in [6.45, 7) is 56.7. The average molecular weight is 2000 g/mol. The molecule has 4 unspecified atom stereocenters. The predicted molar refractivity (Wildman–Crippen MR) is 587 cm³/mol. The smallest absolute Gasteiger partial charge is 0.248 e. The maximum absolute atomic E-state index is 13.4. The van der Waals surface area contributed by atoms with Gasteiger partial charge in [0.1, 0.15) is 0 Å². The van der Waals surface area contributed by atoms with Crippen LogP contribution in [0.2, 0.25) is 0 Å². The highest BCUT2D eigenvalue weighted by atomic mass is 16.2. The zero-order chi connectivity index (χ0) is 107. The number of Topliss-reactive ketones (excluding diaryl/α,β-unsaturated/α-hetero) is 6. The first-order valence-electron chi connectivity index (χ1n) is 53.7. The molecule has 1 amide bonds. The number of ketones is 6. The standard InChI is InChI=1S/C22H25N3O2.C22H23N3O.C22H24N2O.3C21H24N2O/c1-12-18-16(25-24-12)9-14-10-21(2,3)11-17(26)19(14)22(18,4)15-7-5-6-13(8-15)20(23)27;1-13-19-17(25-24-13)9-14-11-21(2,3)12-18(26)20(14)22(19,4)15-7-6-8-16(10-15)23-5;1-13-19-17(24-23-13)10-15-11-21(2,3)12-18(25)20(15)22(19)9-8-14-6-4-5-7-16(14)22;3*1-13-18-16(23-22-13)10-14-11-20(2,3)12-17(24)19(14)21(18,4)15-8-6-5-7-9-15/h5-8H,9-11H2,1-4H3,(H2,23,27)(H,24,25);6-8,10H,9,11-12H2,1-4H3,(H,24,25);4-7H,8-12H2,1-3H3,(H,23,24);3*5-9H,10-12H2,1-4H3,(H,22,23)/t;;;2*21-;/m...10./s1. The van der Waals surface area contributed by atoms with Crippen LogP contribution in [0.15, 0.2) is 231 Å². The molecule has 0 aliphatic heterocycles. The number of primary amides is 1. The Morgan fingerprint density at radius 1 is 0.287 bits per heavy atom. The summed E-state index contributed by atoms with van der Waals surface area (Å²) in [4.78, 5) is 94.9. The molecule has 1 spiro atoms. The molecule has 21 nitrogen and oxygen atoms in total. The molecule has 150 heavy (non-hydrogen) atoms. The number of fused-ring (bicyclic) bond motifs is 10. The second-order valence-corrected chi connectivity index (χ2v) is 51.0. The fourth-order valence-electron chi connectivity index (χ4n) is 30.6. The van der Waals surface area contributed by atoms with Gasteiger partial charge in [-0.25, -0.2) is 4.85 Å². The first kappa shape index (κ1) is 103. The number of H-pyrrole nitrogens is 6. The van der Waals surface area contributed by atoms with E-state index in [9.17, 15) is 33.6 Å². The molecule has 0 saturated carbocycles. The molecule has 13 aliphatic rings. The van der Waals surface area contributed by atoms with Gasteiger partial charge in [-0.2, -0.15) is 30.6 Å². The lowest BCUT2D eigenvalue weighted by atomic mass is 9.58. The molecular weight excluding hydrogens is 1860 g/mol. The third-order valence-electron chi connectivity index (χ3n) is 35.6. The number of aryl methyl sites for hydroxylation is 7. The second-order valence-electron chi connectivity index (χ2n) is 51.0. The quantitative estimate of drug-likeness (QED) is 0.0763. The molecular formula is C129H144N14O7. The number of nitrogens with zero attached hydrogens (tertiary/aromatic N) is 7. The number of hydrogen-bond donors (Lipinski definition) is 7. The predicted octanol–water partition coefficient (Wildman–Crippen LogP) is 25.2. The number of carbonyl (C=O) groups is 7. The van der Waals surface area contributed by atoms with E-state index >= 15 is 0 Å². The van der Waals surface area contributed by atoms with Crippen LogP contribution in [-0.4, -0.2) is 102 Å². The zero-order valence-electron chi connectivity index (χ0n) is 91.8. The lowest BCUT2D eigenvalue weighted by Crippen LogP contribution is -2.41. The lowest BCUT2D eigenvalue weighted by Gasteiger charge is -2.44. The number of nitrogens with one attached hydrogen (secondary N) is 6. The Balaban J connectivity index is 0.000000109. The number of rotatable bonds is 6. The molecule has 21 heteroatoms. The van der Waals surface area contributed by atoms with E-state index in [1.807, 2.05) is 74.5 Å². The molecule has 0 fully saturated rings. The molecule has 0 bridgehead atoms. The first-order chi connectivity index (χ1) is 70.8. The van der Waals surface area contributed by atoms with E-state index in [2.05, 4.69) is 308 Å². The van der Waals surface area contributed by atoms with Gasteiger partial charge >= 0.3 is 0 Å². The van der Waals surface area contributed by atoms with Gasteiger partial charge in [0.2, 0.25) is 5.91 Å². The summed E-state index contributed by atoms with van der Waals surface area (Å²) in [6, 6.07) is 55.0. The van der Waals surface area contributed by atoms with Gasteiger partial charge in [0, 0.05) is 211 Å². The third kappa shape index (κ3) is 17.2. The van der Waals surface area contributed by atoms with Crippen LogP contribution in [0.25, 0.3) is 4.85 Å². The largest absolute Gasteiger partial charge is 0.366 e. The Kier molecular flexibility index (Phi) is 25.4. The molecule has 0 saturated heterocycles. The van der Waals surface area contributed by atoms with Crippen molar-refractivity contribution in [1.82, 2.24) is 61.2 Å². The van der Waals surface area contributed by atoms with E-state index < -0.39 is 33.0 Å². The van der Waals surface area contributed by atoms with Crippen LogP contribution in [0.1, 0.15) is 352 Å². The molecule has 6 aromatic heterocycles. The van der Waals surface area contributed by atoms with Crippen LogP contribution in [0.4, 0.5) is 5.69 Å². The van der Waals surface area contributed by atoms with Crippen LogP contribution in [-0.2, 0) is 106 Å². The second kappa shape index (κ2) is 37.0. The van der Waals surface area contributed by atoms with E-state index in [0.29, 0.717) is 79.3 Å². The van der Waals surface area contributed by atoms with Gasteiger partial charge in [0.15, 0.2) is 40.4 Å². The van der Waals surface area contributed by atoms with Crippen molar-refractivity contribution in [3.8, 4) is 0 Å². The molecule has 0 radical (unpaired) electrons. The summed E-state index contributed by atoms with van der Waals surface area (Å²) >= 11 is 0. The van der Waals surface area contributed by atoms with Gasteiger partial charge in [-0.1, -0.05) is 268 Å². The number of nitrogens with two attached hydrogens (primary N) is 1. The Hall–Kier alpha value is -14.0. The normalized spacial score (nSPS) is 25.1. The number of aromatic amines is 6. The number of aromatic nitrogens is 12. The van der Waals surface area contributed by atoms with Gasteiger partial charge < -0.3 is 5.73 Å². The number of amides is 1. The minimum atomic E-state index is -0.640. The molecule has 25 rings (SSSR count). The van der Waals surface area contributed by atoms with Crippen LogP contribution in [0, 0.1) is 80.6 Å². The molecule has 6 aromatic carbocycles. The molecule has 6 heterocycles. The fourth-order valence-corrected chi connectivity index (χ4v) is 30.6. The highest BCUT2D eigenvalue weighted by molar-refractivity contribution is 6.07. The van der Waals surface area contributed by atoms with Crippen LogP contribution < -0.4 is 5.73 Å². The van der Waals surface area contributed by atoms with Gasteiger partial charge in [0.25, 0.3) is 0 Å². The van der Waals surface area contributed by atoms with Crippen molar-refractivity contribution in [2.75, 3.05) is 0 Å². The van der Waals surface area contributed by atoms with Gasteiger partial charge in [-0.3, -0.25) is 64.2 Å². The number of benzene rings is 6. The Morgan fingerprint density at radius 3 is 0.820 bits per heavy atom. The monoisotopic (exact) mass is 2000 g/mol. The Labute approximate surface area is 882 Å². The minimum Gasteiger partial charge on any atom is -0.366 e. The van der Waals surface area contributed by atoms with Gasteiger partial charge in [-0.15, -0.1) is 0 Å². The molecule has 13 aliphatic carbocycles. The molecule has 6 atom stereocenters. The fraction of sp³-hybridized carbons (Fsp3) is 0.426. The lowest BCUT2D eigenvalue weighted by molar-refractivity contribution is -0.119. The maximum Gasteiger partial charge on any atom is 0.248 e. The zero-order valence-corrected chi connectivity index (χ0v) is 91.8. The van der Waals surface area contributed by atoms with E-state index in [0.717, 1.165) is 207 Å². The highest BCUT2D eigenvalue weighted by Crippen LogP contribution is 2.63. The maximum atomic E-state index is 13.4. The highest BCUT2D eigenvalue weighted by Gasteiger charge is 2.58. The molecule has 8 N–H and O–H groups in total. The minimum absolute atomic E-state index is 0.0158. The molecule has 772 valence electrons. The van der Waals surface area contributed by atoms with Crippen LogP contribution >= 0.6 is 0 Å². The van der Waals surface area contributed by atoms with E-state index in [1.165, 1.54) is 83.5 Å². The van der Waals surface area contributed by atoms with E-state index in [4.69, 9.17) is 12.3 Å². The summed E-state index contributed by atoms with van der Waals surface area (Å²) in [6.07, 6.45) is 16.0. The van der Waals surface area contributed by atoms with E-state index in [1.54, 1.807) is 6.07 Å². The van der Waals surface area contributed by atoms with Crippen LogP contribution in [0.5, 0.6) is 0 Å². The number of hydrogen-bond acceptors (Lipinski definition) is 13. The van der Waals surface area contributed by atoms with Crippen molar-refractivity contribution in [1.29, 1.82) is 0 Å². The van der Waals surface area contributed by atoms with Gasteiger partial charge in [-0.05, 0) is 211 Å². The Bertz CT molecular complexity index is 7570. The first-order valence-corrected chi connectivity index (χ1v) is 53.7. The van der Waals surface area contributed by atoms with E-state index in [-0.39, 0.29) is 49.5 Å². The topological polar surface area (TPSA) is 322 Å². The summed E-state index contributed by atoms with van der Waals surface area (Å²) in [5.41, 5.74) is 45.4. The Morgan fingerprint density at radius 2 is 0.527 bits per heavy atom. The summed E-state index contributed by atoms with van der Waals surface area (Å²) in [7, 11) is 0. The average Bonchev–Trinajstić information content (AvgIpc) is 1.51. The summed E-state index contributed by atoms with van der Waals surface area (Å²) < 4.78 is 0. The van der Waals surface area contributed by atoms with Crippen molar-refractivity contribution < 1.29 is 33.6 Å². The molecule has 12 aromatic rings. The SMILES string of the molecule is Cc1[nH]nc2c1C(C)(c1cccc(C(N)=O)c1)C1=C(C2)CC(C)(C)CC1=O.Cc1[nH]nc2c1C(C)(c1ccccc1)C1=C(C2)CC(C)(C)CC1=O.Cc1[nH]nc2c1C1(CCc3ccccc31)C1=C(C2)CC(C)(C)CC1=O.Cc1[nH]nc2c1[C@@](C)(c1ccccc1)C1=C(C2)CC(C)(C)CC1=O.Cc1[nH]nc2c1[C@](C)(c1ccccc1)C1=C(C2)CC(C)(C)CC1=O.[C-]#[N+]c1cccc(C2(C)C3=C(Cc4n[nH]c(C)c42)CC(C)(C)CC3=O)c1. The van der Waals surface area contributed by atoms with Crippen molar-refractivity contribution in [2.24, 2.45) is 38.2 Å². The van der Waals surface area contributed by atoms with Crippen molar-refractivity contribution >= 4 is 46.3 Å². The third-order valence-corrected chi connectivity index (χ3v) is 35.6. The summed E-state index contributed by atoms with van der Waals surface area (Å²) in [5, 5.41) is 46.4. The summed E-state index contributed by atoms with van der Waals surface area (Å²) in [5.74, 6) is 1.23. The van der Waals surface area contributed by atoms with Gasteiger partial charge in [0.05, 0.1) is 46.2 Å². The van der Waals surface area contributed by atoms with Crippen molar-refractivity contribution in [3.05, 3.63) is 388 Å². The number of allylic oxidation sites excluding steroid dienone is 12. The van der Waals surface area contributed by atoms with Crippen LogP contribution in [0.3, 0.4) is 0 Å². The number of carbonyl (C=O) groups excluding carboxylic acids is 7.